The van der Waals surface area contributed by atoms with Crippen molar-refractivity contribution in [3.05, 3.63) is 11.6 Å². The Balaban J connectivity index is 1.67. The zero-order valence-corrected chi connectivity index (χ0v) is 15.7. The molecule has 3 saturated carbocycles. The van der Waals surface area contributed by atoms with E-state index in [0.29, 0.717) is 17.1 Å². The van der Waals surface area contributed by atoms with Crippen molar-refractivity contribution < 1.29 is 9.90 Å². The first kappa shape index (κ1) is 16.8. The third-order valence-electron chi connectivity index (χ3n) is 8.81. The topological polar surface area (TPSA) is 37.3 Å². The van der Waals surface area contributed by atoms with Gasteiger partial charge in [-0.15, -0.1) is 0 Å². The Bertz CT molecular complexity index is 564. The van der Waals surface area contributed by atoms with Crippen molar-refractivity contribution in [3.8, 4) is 0 Å². The Morgan fingerprint density at radius 2 is 1.92 bits per heavy atom. The quantitative estimate of drug-likeness (QED) is 0.694. The van der Waals surface area contributed by atoms with Gasteiger partial charge in [0.15, 0.2) is 0 Å². The molecule has 0 aromatic rings. The summed E-state index contributed by atoms with van der Waals surface area (Å²) in [6.07, 6.45) is 12.8. The molecule has 0 radical (unpaired) electrons. The van der Waals surface area contributed by atoms with E-state index in [1.807, 2.05) is 6.92 Å². The van der Waals surface area contributed by atoms with Crippen LogP contribution < -0.4 is 0 Å². The number of aliphatic hydroxyl groups excluding tert-OH is 1. The number of carbonyl (C=O) groups is 1. The molecule has 4 rings (SSSR count). The van der Waals surface area contributed by atoms with Crippen LogP contribution in [-0.4, -0.2) is 17.0 Å². The molecule has 4 aliphatic carbocycles. The van der Waals surface area contributed by atoms with Gasteiger partial charge in [-0.3, -0.25) is 4.79 Å². The van der Waals surface area contributed by atoms with Gasteiger partial charge in [0.1, 0.15) is 5.78 Å². The number of ketones is 1. The number of hydrogen-bond acceptors (Lipinski definition) is 2. The summed E-state index contributed by atoms with van der Waals surface area (Å²) in [7, 11) is 0. The number of rotatable bonds is 1. The van der Waals surface area contributed by atoms with Gasteiger partial charge in [0.05, 0.1) is 6.10 Å². The Hall–Kier alpha value is -0.630. The molecule has 0 saturated heterocycles. The minimum atomic E-state index is -0.119. The minimum absolute atomic E-state index is 0.119. The van der Waals surface area contributed by atoms with Gasteiger partial charge < -0.3 is 5.11 Å². The first-order chi connectivity index (χ1) is 11.4. The molecule has 0 bridgehead atoms. The molecule has 134 valence electrons. The molecule has 3 fully saturated rings. The van der Waals surface area contributed by atoms with E-state index in [9.17, 15) is 9.90 Å². The van der Waals surface area contributed by atoms with Gasteiger partial charge in [-0.1, -0.05) is 31.9 Å². The molecule has 2 nitrogen and oxygen atoms in total. The Kier molecular flexibility index (Phi) is 3.99. The van der Waals surface area contributed by atoms with Gasteiger partial charge in [-0.25, -0.2) is 0 Å². The van der Waals surface area contributed by atoms with Crippen LogP contribution in [0.25, 0.3) is 0 Å². The molecule has 0 unspecified atom stereocenters. The number of hydrogen-bond donors (Lipinski definition) is 1. The Morgan fingerprint density at radius 3 is 2.67 bits per heavy atom. The van der Waals surface area contributed by atoms with Crippen molar-refractivity contribution in [2.45, 2.75) is 84.7 Å². The number of carbonyl (C=O) groups excluding carboxylic acids is 1. The maximum atomic E-state index is 12.3. The van der Waals surface area contributed by atoms with E-state index in [1.54, 1.807) is 5.57 Å². The van der Waals surface area contributed by atoms with Crippen LogP contribution in [0.3, 0.4) is 0 Å². The van der Waals surface area contributed by atoms with Crippen LogP contribution in [0.5, 0.6) is 0 Å². The largest absolute Gasteiger partial charge is 0.393 e. The van der Waals surface area contributed by atoms with E-state index in [1.165, 1.54) is 32.1 Å². The van der Waals surface area contributed by atoms with Gasteiger partial charge in [0, 0.05) is 5.92 Å². The zero-order chi connectivity index (χ0) is 17.1. The van der Waals surface area contributed by atoms with Crippen molar-refractivity contribution in [3.63, 3.8) is 0 Å². The molecule has 0 amide bonds. The number of allylic oxidation sites excluding steroid dienone is 1. The molecule has 0 aromatic carbocycles. The summed E-state index contributed by atoms with van der Waals surface area (Å²) in [5.74, 6) is 2.98. The monoisotopic (exact) mass is 330 g/mol. The highest BCUT2D eigenvalue weighted by Gasteiger charge is 2.57. The molecule has 24 heavy (non-hydrogen) atoms. The lowest BCUT2D eigenvalue weighted by Gasteiger charge is -2.61. The molecular formula is C22H34O2. The molecule has 2 heteroatoms. The standard InChI is InChI=1S/C22H34O2/c1-14(23)18-5-4-6-19-17-8-7-15-13-16(24)9-11-21(15,2)20(17)10-12-22(18,19)3/h7,16-20,24H,4-6,8-13H2,1-3H3/t16-,17-,18+,19-,20-,21-,22+/m0/s1. The lowest BCUT2D eigenvalue weighted by Crippen LogP contribution is -2.54. The third kappa shape index (κ3) is 2.28. The van der Waals surface area contributed by atoms with E-state index >= 15 is 0 Å². The van der Waals surface area contributed by atoms with Crippen LogP contribution in [-0.2, 0) is 4.79 Å². The second-order valence-electron chi connectivity index (χ2n) is 9.79. The molecule has 0 heterocycles. The van der Waals surface area contributed by atoms with Crippen LogP contribution in [0, 0.1) is 34.5 Å². The average molecular weight is 331 g/mol. The predicted octanol–water partition coefficient (Wildman–Crippen LogP) is 4.91. The highest BCUT2D eigenvalue weighted by molar-refractivity contribution is 5.79. The second-order valence-corrected chi connectivity index (χ2v) is 9.79. The summed E-state index contributed by atoms with van der Waals surface area (Å²) in [6.45, 7) is 6.74. The lowest BCUT2D eigenvalue weighted by atomic mass is 9.43. The fraction of sp³-hybridized carbons (Fsp3) is 0.864. The first-order valence-corrected chi connectivity index (χ1v) is 10.2. The van der Waals surface area contributed by atoms with Crippen molar-refractivity contribution in [2.75, 3.05) is 0 Å². The summed E-state index contributed by atoms with van der Waals surface area (Å²) >= 11 is 0. The molecule has 7 atom stereocenters. The summed E-state index contributed by atoms with van der Waals surface area (Å²) < 4.78 is 0. The molecular weight excluding hydrogens is 296 g/mol. The van der Waals surface area contributed by atoms with E-state index in [4.69, 9.17) is 0 Å². The molecule has 0 aromatic heterocycles. The number of aliphatic hydroxyl groups is 1. The molecule has 1 N–H and O–H groups in total. The Morgan fingerprint density at radius 1 is 1.12 bits per heavy atom. The van der Waals surface area contributed by atoms with Crippen molar-refractivity contribution >= 4 is 5.78 Å². The summed E-state index contributed by atoms with van der Waals surface area (Å²) in [6, 6.07) is 0. The van der Waals surface area contributed by atoms with E-state index in [-0.39, 0.29) is 11.5 Å². The molecule has 0 spiro atoms. The van der Waals surface area contributed by atoms with E-state index in [0.717, 1.165) is 43.4 Å². The van der Waals surface area contributed by atoms with Gasteiger partial charge >= 0.3 is 0 Å². The SMILES string of the molecule is CC(=O)[C@H]1CCC[C@H]2[C@@H]3CC=C4C[C@@H](O)CC[C@]4(C)[C@H]3CC[C@]12C. The third-order valence-corrected chi connectivity index (χ3v) is 8.81. The van der Waals surface area contributed by atoms with Gasteiger partial charge in [-0.2, -0.15) is 0 Å². The minimum Gasteiger partial charge on any atom is -0.393 e. The summed E-state index contributed by atoms with van der Waals surface area (Å²) in [5.41, 5.74) is 2.10. The average Bonchev–Trinajstić information content (AvgIpc) is 2.54. The maximum Gasteiger partial charge on any atom is 0.133 e. The fourth-order valence-corrected chi connectivity index (χ4v) is 7.51. The number of Topliss-reactive ketones (excluding diaryl/α,β-unsaturated/α-hetero) is 1. The van der Waals surface area contributed by atoms with Crippen molar-refractivity contribution in [1.82, 2.24) is 0 Å². The van der Waals surface area contributed by atoms with Crippen LogP contribution in [0.15, 0.2) is 11.6 Å². The van der Waals surface area contributed by atoms with E-state index < -0.39 is 0 Å². The van der Waals surface area contributed by atoms with Crippen LogP contribution >= 0.6 is 0 Å². The Labute approximate surface area is 147 Å². The second kappa shape index (κ2) is 5.69. The predicted molar refractivity (Wildman–Crippen MR) is 96.5 cm³/mol. The molecule has 0 aliphatic heterocycles. The lowest BCUT2D eigenvalue weighted by molar-refractivity contribution is -0.139. The molecule has 4 aliphatic rings. The van der Waals surface area contributed by atoms with Crippen LogP contribution in [0.4, 0.5) is 0 Å². The van der Waals surface area contributed by atoms with Gasteiger partial charge in [0.2, 0.25) is 0 Å². The van der Waals surface area contributed by atoms with Crippen molar-refractivity contribution in [2.24, 2.45) is 34.5 Å². The van der Waals surface area contributed by atoms with Gasteiger partial charge in [-0.05, 0) is 86.9 Å². The summed E-state index contributed by atoms with van der Waals surface area (Å²) in [4.78, 5) is 12.3. The first-order valence-electron chi connectivity index (χ1n) is 10.2. The summed E-state index contributed by atoms with van der Waals surface area (Å²) in [5, 5.41) is 10.1. The fourth-order valence-electron chi connectivity index (χ4n) is 7.51. The smallest absolute Gasteiger partial charge is 0.133 e. The van der Waals surface area contributed by atoms with E-state index in [2.05, 4.69) is 19.9 Å². The highest BCUT2D eigenvalue weighted by atomic mass is 16.3. The zero-order valence-electron chi connectivity index (χ0n) is 15.7. The van der Waals surface area contributed by atoms with Crippen LogP contribution in [0.1, 0.15) is 78.6 Å². The van der Waals surface area contributed by atoms with Gasteiger partial charge in [0.25, 0.3) is 0 Å². The van der Waals surface area contributed by atoms with Crippen molar-refractivity contribution in [1.29, 1.82) is 0 Å². The number of fused-ring (bicyclic) bond motifs is 5. The van der Waals surface area contributed by atoms with Crippen LogP contribution in [0.2, 0.25) is 0 Å². The maximum absolute atomic E-state index is 12.3. The normalized spacial score (nSPS) is 51.0. The highest BCUT2D eigenvalue weighted by Crippen LogP contribution is 2.65.